The Morgan fingerprint density at radius 1 is 1.40 bits per heavy atom. The highest BCUT2D eigenvalue weighted by Crippen LogP contribution is 2.25. The quantitative estimate of drug-likeness (QED) is 0.857. The largest absolute Gasteiger partial charge is 0.341 e. The number of hydrogen-bond acceptors (Lipinski definition) is 2. The number of nitrogens with zero attached hydrogens (tertiary/aromatic N) is 1. The molecule has 0 bridgehead atoms. The topological polar surface area (TPSA) is 61.4 Å². The Hall–Kier alpha value is -1.63. The number of halogens is 2. The van der Waals surface area contributed by atoms with Crippen LogP contribution in [0.15, 0.2) is 16.6 Å². The first kappa shape index (κ1) is 14.8. The van der Waals surface area contributed by atoms with E-state index >= 15 is 0 Å². The lowest BCUT2D eigenvalue weighted by molar-refractivity contribution is 0.0572. The van der Waals surface area contributed by atoms with Crippen molar-refractivity contribution in [1.29, 1.82) is 0 Å². The molecule has 1 aromatic carbocycles. The van der Waals surface area contributed by atoms with E-state index in [0.29, 0.717) is 23.1 Å². The minimum atomic E-state index is -0.529. The summed E-state index contributed by atoms with van der Waals surface area (Å²) in [7, 11) is 1.52. The van der Waals surface area contributed by atoms with Crippen LogP contribution in [-0.4, -0.2) is 43.0 Å². The van der Waals surface area contributed by atoms with Crippen molar-refractivity contribution in [2.24, 2.45) is 0 Å². The number of hydrogen-bond donors (Lipinski definition) is 2. The molecule has 3 amide bonds. The molecule has 0 saturated carbocycles. The summed E-state index contributed by atoms with van der Waals surface area (Å²) < 4.78 is 14.5. The second-order valence-electron chi connectivity index (χ2n) is 4.66. The van der Waals surface area contributed by atoms with Gasteiger partial charge < -0.3 is 15.5 Å². The Morgan fingerprint density at radius 3 is 2.65 bits per heavy atom. The van der Waals surface area contributed by atoms with Gasteiger partial charge in [0.05, 0.1) is 11.6 Å². The third-order valence-corrected chi connectivity index (χ3v) is 4.15. The van der Waals surface area contributed by atoms with Crippen LogP contribution in [0.3, 0.4) is 0 Å². The molecule has 20 heavy (non-hydrogen) atoms. The maximum atomic E-state index is 13.8. The Balaban J connectivity index is 2.05. The van der Waals surface area contributed by atoms with E-state index in [2.05, 4.69) is 26.6 Å². The second-order valence-corrected chi connectivity index (χ2v) is 5.51. The van der Waals surface area contributed by atoms with E-state index in [-0.39, 0.29) is 23.5 Å². The number of carbonyl (C=O) groups excluding carboxylic acids is 2. The van der Waals surface area contributed by atoms with Gasteiger partial charge in [-0.15, -0.1) is 0 Å². The average Bonchev–Trinajstić information content (AvgIpc) is 2.37. The molecule has 108 valence electrons. The number of likely N-dealkylation sites (tertiary alicyclic amines) is 1. The van der Waals surface area contributed by atoms with Crippen molar-refractivity contribution in [3.63, 3.8) is 0 Å². The van der Waals surface area contributed by atoms with Crippen LogP contribution in [0, 0.1) is 12.7 Å². The normalized spacial score (nSPS) is 14.7. The smallest absolute Gasteiger partial charge is 0.314 e. The number of carbonyl (C=O) groups is 2. The lowest BCUT2D eigenvalue weighted by Gasteiger charge is -2.39. The Morgan fingerprint density at radius 2 is 2.05 bits per heavy atom. The van der Waals surface area contributed by atoms with Gasteiger partial charge >= 0.3 is 6.03 Å². The predicted octanol–water partition coefficient (Wildman–Crippen LogP) is 1.65. The van der Waals surface area contributed by atoms with Gasteiger partial charge in [0.2, 0.25) is 0 Å². The summed E-state index contributed by atoms with van der Waals surface area (Å²) in [4.78, 5) is 24.9. The zero-order valence-corrected chi connectivity index (χ0v) is 12.8. The van der Waals surface area contributed by atoms with Gasteiger partial charge in [0.15, 0.2) is 0 Å². The minimum absolute atomic E-state index is 0.0813. The highest BCUT2D eigenvalue weighted by molar-refractivity contribution is 9.10. The van der Waals surface area contributed by atoms with Crippen molar-refractivity contribution in [2.75, 3.05) is 20.1 Å². The number of urea groups is 1. The van der Waals surface area contributed by atoms with Gasteiger partial charge in [0.1, 0.15) is 5.82 Å². The van der Waals surface area contributed by atoms with Crippen LogP contribution in [0.2, 0.25) is 0 Å². The van der Waals surface area contributed by atoms with E-state index in [1.165, 1.54) is 18.0 Å². The lowest BCUT2D eigenvalue weighted by Crippen LogP contribution is -2.62. The zero-order chi connectivity index (χ0) is 14.9. The molecule has 1 fully saturated rings. The lowest BCUT2D eigenvalue weighted by atomic mass is 10.0. The summed E-state index contributed by atoms with van der Waals surface area (Å²) in [5.41, 5.74) is 0.662. The van der Waals surface area contributed by atoms with Gasteiger partial charge in [-0.05, 0) is 24.6 Å². The third-order valence-electron chi connectivity index (χ3n) is 3.29. The second kappa shape index (κ2) is 5.78. The van der Waals surface area contributed by atoms with Gasteiger partial charge in [0, 0.05) is 24.6 Å². The predicted molar refractivity (Wildman–Crippen MR) is 76.1 cm³/mol. The fourth-order valence-corrected chi connectivity index (χ4v) is 2.40. The van der Waals surface area contributed by atoms with Crippen LogP contribution < -0.4 is 10.6 Å². The fourth-order valence-electron chi connectivity index (χ4n) is 2.07. The summed E-state index contributed by atoms with van der Waals surface area (Å²) in [6, 6.07) is 2.47. The number of amides is 3. The maximum absolute atomic E-state index is 13.8. The van der Waals surface area contributed by atoms with E-state index in [4.69, 9.17) is 0 Å². The monoisotopic (exact) mass is 343 g/mol. The van der Waals surface area contributed by atoms with Crippen LogP contribution in [0.1, 0.15) is 15.9 Å². The van der Waals surface area contributed by atoms with Crippen LogP contribution >= 0.6 is 15.9 Å². The maximum Gasteiger partial charge on any atom is 0.314 e. The molecule has 1 aliphatic rings. The molecule has 0 aromatic heterocycles. The van der Waals surface area contributed by atoms with Crippen LogP contribution in [-0.2, 0) is 0 Å². The standard InChI is InChI=1S/C13H15BrFN3O2/c1-7-9(14)3-4-10(15)11(7)12(19)18-5-8(6-18)17-13(20)16-2/h3-4,8H,5-6H2,1-2H3,(H2,16,17,20). The highest BCUT2D eigenvalue weighted by Gasteiger charge is 2.34. The van der Waals surface area contributed by atoms with Gasteiger partial charge in [-0.25, -0.2) is 9.18 Å². The molecule has 0 spiro atoms. The molecule has 1 heterocycles. The fraction of sp³-hybridized carbons (Fsp3) is 0.385. The molecular formula is C13H15BrFN3O2. The van der Waals surface area contributed by atoms with Crippen molar-refractivity contribution < 1.29 is 14.0 Å². The van der Waals surface area contributed by atoms with Crippen molar-refractivity contribution in [2.45, 2.75) is 13.0 Å². The minimum Gasteiger partial charge on any atom is -0.341 e. The number of benzene rings is 1. The Kier molecular flexibility index (Phi) is 4.27. The molecular weight excluding hydrogens is 329 g/mol. The molecule has 5 nitrogen and oxygen atoms in total. The Bertz CT molecular complexity index is 559. The number of nitrogens with one attached hydrogen (secondary N) is 2. The zero-order valence-electron chi connectivity index (χ0n) is 11.2. The first-order valence-electron chi connectivity index (χ1n) is 6.16. The van der Waals surface area contributed by atoms with E-state index in [9.17, 15) is 14.0 Å². The highest BCUT2D eigenvalue weighted by atomic mass is 79.9. The molecule has 2 rings (SSSR count). The van der Waals surface area contributed by atoms with Crippen LogP contribution in [0.4, 0.5) is 9.18 Å². The van der Waals surface area contributed by atoms with Gasteiger partial charge in [0.25, 0.3) is 5.91 Å². The molecule has 1 aliphatic heterocycles. The first-order chi connectivity index (χ1) is 9.43. The Labute approximate surface area is 124 Å². The molecule has 0 radical (unpaired) electrons. The van der Waals surface area contributed by atoms with Crippen molar-refractivity contribution in [1.82, 2.24) is 15.5 Å². The average molecular weight is 344 g/mol. The van der Waals surface area contributed by atoms with Crippen LogP contribution in [0.5, 0.6) is 0 Å². The van der Waals surface area contributed by atoms with Gasteiger partial charge in [-0.2, -0.15) is 0 Å². The molecule has 0 unspecified atom stereocenters. The van der Waals surface area contributed by atoms with Crippen molar-refractivity contribution >= 4 is 27.9 Å². The molecule has 0 atom stereocenters. The van der Waals surface area contributed by atoms with Gasteiger partial charge in [-0.1, -0.05) is 15.9 Å². The summed E-state index contributed by atoms with van der Waals surface area (Å²) in [6.07, 6.45) is 0. The van der Waals surface area contributed by atoms with Gasteiger partial charge in [-0.3, -0.25) is 4.79 Å². The van der Waals surface area contributed by atoms with E-state index < -0.39 is 5.82 Å². The third kappa shape index (κ3) is 2.77. The van der Waals surface area contributed by atoms with Crippen LogP contribution in [0.25, 0.3) is 0 Å². The van der Waals surface area contributed by atoms with E-state index in [1.807, 2.05) is 0 Å². The molecule has 2 N–H and O–H groups in total. The summed E-state index contributed by atoms with van der Waals surface area (Å²) in [5, 5.41) is 5.14. The van der Waals surface area contributed by atoms with Crippen molar-refractivity contribution in [3.05, 3.63) is 33.5 Å². The van der Waals surface area contributed by atoms with E-state index in [1.54, 1.807) is 13.0 Å². The molecule has 7 heteroatoms. The van der Waals surface area contributed by atoms with E-state index in [0.717, 1.165) is 0 Å². The number of rotatable bonds is 2. The summed E-state index contributed by atoms with van der Waals surface area (Å²) >= 11 is 3.29. The summed E-state index contributed by atoms with van der Waals surface area (Å²) in [5.74, 6) is -0.880. The SMILES string of the molecule is CNC(=O)NC1CN(C(=O)c2c(F)ccc(Br)c2C)C1. The molecule has 0 aliphatic carbocycles. The van der Waals surface area contributed by atoms with Crippen molar-refractivity contribution in [3.8, 4) is 0 Å². The molecule has 1 aromatic rings. The summed E-state index contributed by atoms with van der Waals surface area (Å²) in [6.45, 7) is 2.47. The first-order valence-corrected chi connectivity index (χ1v) is 6.95. The molecule has 1 saturated heterocycles.